The summed E-state index contributed by atoms with van der Waals surface area (Å²) in [6.07, 6.45) is 0. The second-order valence-corrected chi connectivity index (χ2v) is 3.99. The number of amides is 1. The van der Waals surface area contributed by atoms with Gasteiger partial charge < -0.3 is 4.74 Å². The lowest BCUT2D eigenvalue weighted by molar-refractivity contribution is -0.131. The lowest BCUT2D eigenvalue weighted by Crippen LogP contribution is -2.25. The number of methoxy groups -OCH3 is 1. The van der Waals surface area contributed by atoms with Crippen LogP contribution in [-0.4, -0.2) is 30.3 Å². The number of benzene rings is 1. The molecule has 0 radical (unpaired) electrons. The van der Waals surface area contributed by atoms with E-state index in [9.17, 15) is 4.79 Å². The fourth-order valence-electron chi connectivity index (χ4n) is 1.92. The second-order valence-electron chi connectivity index (χ2n) is 3.99. The van der Waals surface area contributed by atoms with Crippen LogP contribution in [0.2, 0.25) is 0 Å². The maximum atomic E-state index is 11.9. The summed E-state index contributed by atoms with van der Waals surface area (Å²) in [7, 11) is 1.63. The first-order chi connectivity index (χ1) is 8.17. The Labute approximate surface area is 101 Å². The van der Waals surface area contributed by atoms with Gasteiger partial charge in [0.05, 0.1) is 18.7 Å². The maximum absolute atomic E-state index is 11.9. The van der Waals surface area contributed by atoms with Crippen LogP contribution in [0.1, 0.15) is 19.4 Å². The molecule has 1 heterocycles. The molecular weight excluding hydrogens is 216 g/mol. The minimum Gasteiger partial charge on any atom is -0.497 e. The van der Waals surface area contributed by atoms with E-state index in [1.54, 1.807) is 7.11 Å². The topological polar surface area (TPSA) is 41.9 Å². The average molecular weight is 232 g/mol. The largest absolute Gasteiger partial charge is 0.497 e. The highest BCUT2D eigenvalue weighted by Crippen LogP contribution is 2.22. The zero-order valence-corrected chi connectivity index (χ0v) is 10.3. The highest BCUT2D eigenvalue weighted by Gasteiger charge is 2.31. The molecule has 90 valence electrons. The predicted molar refractivity (Wildman–Crippen MR) is 66.1 cm³/mol. The summed E-state index contributed by atoms with van der Waals surface area (Å²) >= 11 is 0. The molecule has 4 nitrogen and oxygen atoms in total. The van der Waals surface area contributed by atoms with Crippen molar-refractivity contribution in [2.45, 2.75) is 13.8 Å². The first-order valence-corrected chi connectivity index (χ1v) is 5.71. The molecule has 1 aromatic carbocycles. The summed E-state index contributed by atoms with van der Waals surface area (Å²) in [5, 5.41) is 5.87. The number of carbonyl (C=O) groups is 1. The number of carbonyl (C=O) groups excluding carboxylic acids is 1. The third-order valence-electron chi connectivity index (χ3n) is 2.93. The van der Waals surface area contributed by atoms with Gasteiger partial charge in [-0.1, -0.05) is 12.1 Å². The number of rotatable bonds is 3. The minimum atomic E-state index is -0.179. The molecule has 1 unspecified atom stereocenters. The molecule has 1 aliphatic heterocycles. The Balaban J connectivity index is 2.36. The number of hydrogen-bond acceptors (Lipinski definition) is 3. The molecule has 17 heavy (non-hydrogen) atoms. The van der Waals surface area contributed by atoms with Crippen molar-refractivity contribution in [2.24, 2.45) is 11.0 Å². The van der Waals surface area contributed by atoms with E-state index < -0.39 is 0 Å². The molecule has 0 saturated heterocycles. The molecule has 0 N–H and O–H groups in total. The van der Waals surface area contributed by atoms with Gasteiger partial charge in [0.15, 0.2) is 0 Å². The molecule has 1 aromatic rings. The van der Waals surface area contributed by atoms with Crippen molar-refractivity contribution >= 4 is 11.6 Å². The van der Waals surface area contributed by atoms with E-state index >= 15 is 0 Å². The molecule has 1 aliphatic rings. The van der Waals surface area contributed by atoms with Crippen molar-refractivity contribution in [1.82, 2.24) is 5.01 Å². The van der Waals surface area contributed by atoms with Crippen LogP contribution >= 0.6 is 0 Å². The van der Waals surface area contributed by atoms with Gasteiger partial charge in [-0.25, -0.2) is 5.01 Å². The SMILES string of the molecule is CCN1N=C(c2cccc(OC)c2)C(C)C1=O. The molecule has 0 saturated carbocycles. The van der Waals surface area contributed by atoms with E-state index in [-0.39, 0.29) is 11.8 Å². The number of hydrazone groups is 1. The van der Waals surface area contributed by atoms with Crippen LogP contribution < -0.4 is 4.74 Å². The van der Waals surface area contributed by atoms with Gasteiger partial charge in [0.2, 0.25) is 0 Å². The van der Waals surface area contributed by atoms with E-state index in [1.807, 2.05) is 38.1 Å². The monoisotopic (exact) mass is 232 g/mol. The maximum Gasteiger partial charge on any atom is 0.251 e. The van der Waals surface area contributed by atoms with Crippen molar-refractivity contribution < 1.29 is 9.53 Å². The Morgan fingerprint density at radius 1 is 1.47 bits per heavy atom. The van der Waals surface area contributed by atoms with Gasteiger partial charge in [0.25, 0.3) is 5.91 Å². The van der Waals surface area contributed by atoms with Crippen molar-refractivity contribution in [1.29, 1.82) is 0 Å². The van der Waals surface area contributed by atoms with Crippen molar-refractivity contribution in [3.8, 4) is 5.75 Å². The van der Waals surface area contributed by atoms with Crippen molar-refractivity contribution in [2.75, 3.05) is 13.7 Å². The number of ether oxygens (including phenoxy) is 1. The summed E-state index contributed by atoms with van der Waals surface area (Å²) < 4.78 is 5.18. The zero-order valence-electron chi connectivity index (χ0n) is 10.3. The van der Waals surface area contributed by atoms with Gasteiger partial charge in [-0.3, -0.25) is 4.79 Å². The quantitative estimate of drug-likeness (QED) is 0.798. The highest BCUT2D eigenvalue weighted by atomic mass is 16.5. The van der Waals surface area contributed by atoms with E-state index in [1.165, 1.54) is 5.01 Å². The fourth-order valence-corrected chi connectivity index (χ4v) is 1.92. The summed E-state index contributed by atoms with van der Waals surface area (Å²) in [4.78, 5) is 11.9. The standard InChI is InChI=1S/C13H16N2O2/c1-4-15-13(16)9(2)12(14-15)10-6-5-7-11(8-10)17-3/h5-9H,4H2,1-3H3. The normalized spacial score (nSPS) is 19.5. The number of nitrogens with zero attached hydrogens (tertiary/aromatic N) is 2. The molecular formula is C13H16N2O2. The number of hydrogen-bond donors (Lipinski definition) is 0. The van der Waals surface area contributed by atoms with Gasteiger partial charge >= 0.3 is 0 Å². The van der Waals surface area contributed by atoms with Gasteiger partial charge in [0, 0.05) is 12.1 Å². The van der Waals surface area contributed by atoms with Crippen molar-refractivity contribution in [3.63, 3.8) is 0 Å². The Morgan fingerprint density at radius 3 is 2.82 bits per heavy atom. The fraction of sp³-hybridized carbons (Fsp3) is 0.385. The first kappa shape index (κ1) is 11.6. The molecule has 1 atom stereocenters. The second kappa shape index (κ2) is 4.57. The molecule has 4 heteroatoms. The highest BCUT2D eigenvalue weighted by molar-refractivity contribution is 6.15. The smallest absolute Gasteiger partial charge is 0.251 e. The zero-order chi connectivity index (χ0) is 12.4. The van der Waals surface area contributed by atoms with Crippen LogP contribution in [0.4, 0.5) is 0 Å². The minimum absolute atomic E-state index is 0.0605. The molecule has 0 aromatic heterocycles. The molecule has 0 fully saturated rings. The Hall–Kier alpha value is -1.84. The summed E-state index contributed by atoms with van der Waals surface area (Å²) in [6.45, 7) is 4.41. The van der Waals surface area contributed by atoms with Crippen LogP contribution in [0.3, 0.4) is 0 Å². The van der Waals surface area contributed by atoms with E-state index in [4.69, 9.17) is 4.74 Å². The third-order valence-corrected chi connectivity index (χ3v) is 2.93. The summed E-state index contributed by atoms with van der Waals surface area (Å²) in [5.41, 5.74) is 1.76. The van der Waals surface area contributed by atoms with E-state index in [0.717, 1.165) is 17.0 Å². The van der Waals surface area contributed by atoms with Crippen LogP contribution in [-0.2, 0) is 4.79 Å². The van der Waals surface area contributed by atoms with Gasteiger partial charge in [-0.2, -0.15) is 5.10 Å². The summed E-state index contributed by atoms with van der Waals surface area (Å²) in [5.74, 6) is 0.659. The Kier molecular flexibility index (Phi) is 3.13. The lowest BCUT2D eigenvalue weighted by atomic mass is 9.98. The van der Waals surface area contributed by atoms with Crippen LogP contribution in [0.5, 0.6) is 5.75 Å². The molecule has 1 amide bonds. The molecule has 0 spiro atoms. The first-order valence-electron chi connectivity index (χ1n) is 5.71. The Morgan fingerprint density at radius 2 is 2.24 bits per heavy atom. The lowest BCUT2D eigenvalue weighted by Gasteiger charge is -2.08. The molecule has 0 aliphatic carbocycles. The van der Waals surface area contributed by atoms with Gasteiger partial charge in [-0.05, 0) is 26.0 Å². The average Bonchev–Trinajstić information content (AvgIpc) is 2.66. The van der Waals surface area contributed by atoms with Crippen LogP contribution in [0.25, 0.3) is 0 Å². The predicted octanol–water partition coefficient (Wildman–Crippen LogP) is 1.90. The third kappa shape index (κ3) is 2.02. The van der Waals surface area contributed by atoms with Crippen molar-refractivity contribution in [3.05, 3.63) is 29.8 Å². The molecule has 2 rings (SSSR count). The Bertz CT molecular complexity index is 468. The molecule has 0 bridgehead atoms. The van der Waals surface area contributed by atoms with E-state index in [0.29, 0.717) is 6.54 Å². The van der Waals surface area contributed by atoms with Crippen LogP contribution in [0.15, 0.2) is 29.4 Å². The van der Waals surface area contributed by atoms with Gasteiger partial charge in [-0.15, -0.1) is 0 Å². The van der Waals surface area contributed by atoms with E-state index in [2.05, 4.69) is 5.10 Å². The summed E-state index contributed by atoms with van der Waals surface area (Å²) in [6, 6.07) is 7.64. The van der Waals surface area contributed by atoms with Crippen LogP contribution in [0, 0.1) is 5.92 Å². The van der Waals surface area contributed by atoms with Gasteiger partial charge in [0.1, 0.15) is 5.75 Å².